The number of aryl methyl sites for hydroxylation is 1. The number of benzene rings is 1. The molecular formula is C23H19ClN4O6. The third-order valence-corrected chi connectivity index (χ3v) is 4.77. The Morgan fingerprint density at radius 1 is 1.32 bits per heavy atom. The van der Waals surface area contributed by atoms with Crippen LogP contribution in [-0.4, -0.2) is 41.9 Å². The maximum Gasteiger partial charge on any atom is 0.337 e. The lowest BCUT2D eigenvalue weighted by atomic mass is 10.1. The second-order valence-corrected chi connectivity index (χ2v) is 7.34. The van der Waals surface area contributed by atoms with Gasteiger partial charge in [0, 0.05) is 23.9 Å². The van der Waals surface area contributed by atoms with E-state index in [1.165, 1.54) is 25.5 Å². The van der Waals surface area contributed by atoms with E-state index in [-0.39, 0.29) is 28.6 Å². The number of aromatic nitrogens is 1. The van der Waals surface area contributed by atoms with Crippen molar-refractivity contribution in [2.24, 2.45) is 5.10 Å². The predicted octanol–water partition coefficient (Wildman–Crippen LogP) is 3.55. The Morgan fingerprint density at radius 2 is 2.12 bits per heavy atom. The number of rotatable bonds is 9. The molecule has 0 aliphatic carbocycles. The zero-order chi connectivity index (χ0) is 24.7. The molecule has 0 saturated heterocycles. The summed E-state index contributed by atoms with van der Waals surface area (Å²) in [7, 11) is 1.51. The maximum absolute atomic E-state index is 12.1. The van der Waals surface area contributed by atoms with Gasteiger partial charge in [-0.2, -0.15) is 10.4 Å². The monoisotopic (exact) mass is 482 g/mol. The molecule has 0 spiro atoms. The first-order chi connectivity index (χ1) is 16.3. The summed E-state index contributed by atoms with van der Waals surface area (Å²) in [6.07, 6.45) is 1.28. The summed E-state index contributed by atoms with van der Waals surface area (Å²) in [5.74, 6) is -0.973. The topological polar surface area (TPSA) is 147 Å². The standard InChI is InChI=1S/C23H19ClN4O6/c1-13-7-15(11-32-2)18(9-25)22(27-13)33-12-21(29)28-26-10-16-4-6-20(34-16)14-3-5-19(24)17(8-14)23(30)31/h3-8,10H,11-12H2,1-2H3,(H,28,29)(H,30,31)/b26-10+. The number of pyridine rings is 1. The molecule has 174 valence electrons. The van der Waals surface area contributed by atoms with E-state index in [1.54, 1.807) is 31.2 Å². The van der Waals surface area contributed by atoms with Gasteiger partial charge < -0.3 is 19.0 Å². The van der Waals surface area contributed by atoms with Gasteiger partial charge in [-0.25, -0.2) is 15.2 Å². The van der Waals surface area contributed by atoms with Crippen molar-refractivity contribution in [3.05, 3.63) is 69.6 Å². The molecule has 0 atom stereocenters. The molecule has 0 bridgehead atoms. The number of furan rings is 1. The minimum absolute atomic E-state index is 0.0352. The fraction of sp³-hybridized carbons (Fsp3) is 0.174. The van der Waals surface area contributed by atoms with E-state index in [1.807, 2.05) is 6.07 Å². The third kappa shape index (κ3) is 5.98. The summed E-state index contributed by atoms with van der Waals surface area (Å²) < 4.78 is 16.1. The summed E-state index contributed by atoms with van der Waals surface area (Å²) in [5.41, 5.74) is 4.18. The number of carbonyl (C=O) groups is 2. The number of carboxylic acids is 1. The van der Waals surface area contributed by atoms with Crippen molar-refractivity contribution in [2.75, 3.05) is 13.7 Å². The Kier molecular flexibility index (Phi) is 7.97. The fourth-order valence-electron chi connectivity index (χ4n) is 2.96. The Labute approximate surface area is 199 Å². The number of nitriles is 1. The lowest BCUT2D eigenvalue weighted by Crippen LogP contribution is -2.25. The van der Waals surface area contributed by atoms with Crippen molar-refractivity contribution in [1.29, 1.82) is 5.26 Å². The van der Waals surface area contributed by atoms with E-state index in [0.29, 0.717) is 28.3 Å². The van der Waals surface area contributed by atoms with E-state index >= 15 is 0 Å². The van der Waals surface area contributed by atoms with Gasteiger partial charge in [0.25, 0.3) is 5.91 Å². The molecule has 10 nitrogen and oxygen atoms in total. The maximum atomic E-state index is 12.1. The molecule has 1 aromatic carbocycles. The van der Waals surface area contributed by atoms with Crippen molar-refractivity contribution in [3.63, 3.8) is 0 Å². The minimum atomic E-state index is -1.15. The average molecular weight is 483 g/mol. The summed E-state index contributed by atoms with van der Waals surface area (Å²) in [5, 5.41) is 22.5. The lowest BCUT2D eigenvalue weighted by Gasteiger charge is -2.10. The number of methoxy groups -OCH3 is 1. The first kappa shape index (κ1) is 24.4. The highest BCUT2D eigenvalue weighted by atomic mass is 35.5. The molecule has 0 saturated carbocycles. The number of nitrogens with one attached hydrogen (secondary N) is 1. The average Bonchev–Trinajstić information content (AvgIpc) is 3.26. The zero-order valence-electron chi connectivity index (χ0n) is 18.2. The number of carbonyl (C=O) groups excluding carboxylic acids is 1. The number of aromatic carboxylic acids is 1. The first-order valence-electron chi connectivity index (χ1n) is 9.79. The molecule has 2 N–H and O–H groups in total. The van der Waals surface area contributed by atoms with Gasteiger partial charge in [-0.1, -0.05) is 11.6 Å². The van der Waals surface area contributed by atoms with Gasteiger partial charge in [-0.05, 0) is 43.3 Å². The smallest absolute Gasteiger partial charge is 0.337 e. The van der Waals surface area contributed by atoms with Crippen LogP contribution in [0.4, 0.5) is 0 Å². The Bertz CT molecular complexity index is 1300. The predicted molar refractivity (Wildman–Crippen MR) is 122 cm³/mol. The molecule has 0 fully saturated rings. The molecule has 3 aromatic rings. The number of nitrogens with zero attached hydrogens (tertiary/aromatic N) is 3. The molecule has 0 aliphatic rings. The number of halogens is 1. The van der Waals surface area contributed by atoms with Gasteiger partial charge in [-0.15, -0.1) is 0 Å². The van der Waals surface area contributed by atoms with Gasteiger partial charge in [0.1, 0.15) is 23.2 Å². The van der Waals surface area contributed by atoms with Crippen molar-refractivity contribution < 1.29 is 28.6 Å². The van der Waals surface area contributed by atoms with Crippen LogP contribution in [0.25, 0.3) is 11.3 Å². The number of hydrogen-bond donors (Lipinski definition) is 2. The highest BCUT2D eigenvalue weighted by Crippen LogP contribution is 2.26. The highest BCUT2D eigenvalue weighted by Gasteiger charge is 2.15. The van der Waals surface area contributed by atoms with Crippen LogP contribution in [0.15, 0.2) is 45.9 Å². The van der Waals surface area contributed by atoms with Gasteiger partial charge in [0.05, 0.1) is 23.4 Å². The second kappa shape index (κ2) is 11.1. The minimum Gasteiger partial charge on any atom is -0.478 e. The van der Waals surface area contributed by atoms with E-state index in [0.717, 1.165) is 0 Å². The van der Waals surface area contributed by atoms with Crippen LogP contribution in [0.5, 0.6) is 5.88 Å². The molecule has 1 amide bonds. The third-order valence-electron chi connectivity index (χ3n) is 4.44. The summed E-state index contributed by atoms with van der Waals surface area (Å²) in [6.45, 7) is 1.53. The van der Waals surface area contributed by atoms with Crippen LogP contribution < -0.4 is 10.2 Å². The Hall–Kier alpha value is -4.20. The summed E-state index contributed by atoms with van der Waals surface area (Å²) in [6, 6.07) is 11.4. The van der Waals surface area contributed by atoms with E-state index in [4.69, 9.17) is 25.5 Å². The highest BCUT2D eigenvalue weighted by molar-refractivity contribution is 6.33. The second-order valence-electron chi connectivity index (χ2n) is 6.93. The van der Waals surface area contributed by atoms with Crippen LogP contribution in [-0.2, 0) is 16.1 Å². The number of hydrazone groups is 1. The molecular weight excluding hydrogens is 464 g/mol. The molecule has 0 radical (unpaired) electrons. The zero-order valence-corrected chi connectivity index (χ0v) is 18.9. The van der Waals surface area contributed by atoms with Crippen molar-refractivity contribution >= 4 is 29.7 Å². The van der Waals surface area contributed by atoms with E-state index in [2.05, 4.69) is 15.5 Å². The van der Waals surface area contributed by atoms with Gasteiger partial charge >= 0.3 is 5.97 Å². The molecule has 2 heterocycles. The molecule has 0 unspecified atom stereocenters. The first-order valence-corrected chi connectivity index (χ1v) is 10.2. The number of hydrogen-bond acceptors (Lipinski definition) is 8. The molecule has 2 aromatic heterocycles. The van der Waals surface area contributed by atoms with E-state index < -0.39 is 18.5 Å². The number of amides is 1. The summed E-state index contributed by atoms with van der Waals surface area (Å²) in [4.78, 5) is 27.5. The van der Waals surface area contributed by atoms with Crippen LogP contribution in [0.3, 0.4) is 0 Å². The largest absolute Gasteiger partial charge is 0.478 e. The normalized spacial score (nSPS) is 10.8. The van der Waals surface area contributed by atoms with Crippen molar-refractivity contribution in [3.8, 4) is 23.3 Å². The van der Waals surface area contributed by atoms with Crippen LogP contribution in [0.2, 0.25) is 5.02 Å². The van der Waals surface area contributed by atoms with Gasteiger partial charge in [-0.3, -0.25) is 4.79 Å². The van der Waals surface area contributed by atoms with E-state index in [9.17, 15) is 20.0 Å². The Balaban J connectivity index is 1.61. The molecule has 0 aliphatic heterocycles. The van der Waals surface area contributed by atoms with Crippen LogP contribution in [0.1, 0.15) is 32.9 Å². The quantitative estimate of drug-likeness (QED) is 0.347. The van der Waals surface area contributed by atoms with Gasteiger partial charge in [0.2, 0.25) is 5.88 Å². The van der Waals surface area contributed by atoms with Crippen LogP contribution in [0, 0.1) is 18.3 Å². The Morgan fingerprint density at radius 3 is 2.82 bits per heavy atom. The SMILES string of the molecule is COCc1cc(C)nc(OCC(=O)N/N=C/c2ccc(-c3ccc(Cl)c(C(=O)O)c3)o2)c1C#N. The summed E-state index contributed by atoms with van der Waals surface area (Å²) >= 11 is 5.88. The molecule has 11 heteroatoms. The number of carboxylic acid groups (broad SMARTS) is 1. The van der Waals surface area contributed by atoms with Crippen molar-refractivity contribution in [1.82, 2.24) is 10.4 Å². The molecule has 3 rings (SSSR count). The molecule has 34 heavy (non-hydrogen) atoms. The number of ether oxygens (including phenoxy) is 2. The lowest BCUT2D eigenvalue weighted by molar-refractivity contribution is -0.123. The van der Waals surface area contributed by atoms with Crippen LogP contribution >= 0.6 is 11.6 Å². The van der Waals surface area contributed by atoms with Gasteiger partial charge in [0.15, 0.2) is 6.61 Å². The van der Waals surface area contributed by atoms with Crippen molar-refractivity contribution in [2.45, 2.75) is 13.5 Å². The fourth-order valence-corrected chi connectivity index (χ4v) is 3.16.